The Morgan fingerprint density at radius 1 is 1.29 bits per heavy atom. The minimum atomic E-state index is 0.439. The quantitative estimate of drug-likeness (QED) is 0.760. The van der Waals surface area contributed by atoms with E-state index in [0.717, 1.165) is 18.8 Å². The van der Waals surface area contributed by atoms with Crippen LogP contribution in [0.5, 0.6) is 0 Å². The van der Waals surface area contributed by atoms with Crippen LogP contribution in [0.1, 0.15) is 23.4 Å². The van der Waals surface area contributed by atoms with Crippen LogP contribution in [0.15, 0.2) is 54.3 Å². The fourth-order valence-corrected chi connectivity index (χ4v) is 2.87. The summed E-state index contributed by atoms with van der Waals surface area (Å²) in [6.45, 7) is 3.94. The number of aromatic nitrogens is 3. The van der Waals surface area contributed by atoms with Gasteiger partial charge >= 0.3 is 0 Å². The molecule has 0 aliphatic rings. The summed E-state index contributed by atoms with van der Waals surface area (Å²) < 4.78 is 1.90. The van der Waals surface area contributed by atoms with Gasteiger partial charge in [-0.05, 0) is 12.1 Å². The first-order valence-corrected chi connectivity index (χ1v) is 7.90. The Bertz CT molecular complexity index is 661. The lowest BCUT2D eigenvalue weighted by Crippen LogP contribution is -2.19. The Hall–Kier alpha value is -1.98. The zero-order valence-corrected chi connectivity index (χ0v) is 12.8. The van der Waals surface area contributed by atoms with Crippen molar-refractivity contribution < 1.29 is 0 Å². The molecular formula is C16H18N4S. The molecule has 0 spiro atoms. The summed E-state index contributed by atoms with van der Waals surface area (Å²) in [4.78, 5) is 4.35. The summed E-state index contributed by atoms with van der Waals surface area (Å²) in [5.41, 5.74) is 2.27. The summed E-state index contributed by atoms with van der Waals surface area (Å²) in [6.07, 6.45) is 5.84. The molecule has 1 aromatic carbocycles. The van der Waals surface area contributed by atoms with E-state index in [4.69, 9.17) is 0 Å². The minimum Gasteiger partial charge on any atom is -0.312 e. The first kappa shape index (κ1) is 14.0. The fourth-order valence-electron chi connectivity index (χ4n) is 2.17. The summed E-state index contributed by atoms with van der Waals surface area (Å²) in [7, 11) is 0. The molecule has 1 atom stereocenters. The largest absolute Gasteiger partial charge is 0.312 e. The number of nitrogens with one attached hydrogen (secondary N) is 1. The third kappa shape index (κ3) is 3.56. The second-order valence-electron chi connectivity index (χ2n) is 5.03. The number of rotatable bonds is 6. The van der Waals surface area contributed by atoms with E-state index in [1.54, 1.807) is 11.3 Å². The maximum absolute atomic E-state index is 4.40. The van der Waals surface area contributed by atoms with E-state index in [9.17, 15) is 0 Å². The van der Waals surface area contributed by atoms with Gasteiger partial charge in [0.1, 0.15) is 0 Å². The number of thiazole rings is 1. The van der Waals surface area contributed by atoms with Gasteiger partial charge in [-0.3, -0.25) is 0 Å². The van der Waals surface area contributed by atoms with E-state index in [1.165, 1.54) is 10.6 Å². The molecule has 108 valence electrons. The van der Waals surface area contributed by atoms with Crippen LogP contribution in [0.2, 0.25) is 0 Å². The zero-order valence-electron chi connectivity index (χ0n) is 11.9. The molecule has 0 aliphatic carbocycles. The predicted molar refractivity (Wildman–Crippen MR) is 85.8 cm³/mol. The maximum Gasteiger partial charge on any atom is 0.0965 e. The van der Waals surface area contributed by atoms with E-state index >= 15 is 0 Å². The van der Waals surface area contributed by atoms with Crippen molar-refractivity contribution in [1.82, 2.24) is 20.1 Å². The van der Waals surface area contributed by atoms with Crippen LogP contribution in [0.4, 0.5) is 0 Å². The smallest absolute Gasteiger partial charge is 0.0965 e. The highest BCUT2D eigenvalue weighted by molar-refractivity contribution is 7.09. The standard InChI is InChI=1S/C16H18N4S/c1-13(16-18-7-8-21-16)9-17-10-14-11-19-20(12-14)15-5-3-2-4-6-15/h2-8,11-13,17H,9-10H2,1H3. The molecule has 2 aromatic heterocycles. The van der Waals surface area contributed by atoms with Gasteiger partial charge in [-0.25, -0.2) is 9.67 Å². The van der Waals surface area contributed by atoms with Gasteiger partial charge in [-0.1, -0.05) is 25.1 Å². The molecule has 0 radical (unpaired) electrons. The average Bonchev–Trinajstić information content (AvgIpc) is 3.20. The van der Waals surface area contributed by atoms with Crippen LogP contribution in [0.25, 0.3) is 5.69 Å². The van der Waals surface area contributed by atoms with Gasteiger partial charge in [0.15, 0.2) is 0 Å². The second-order valence-corrected chi connectivity index (χ2v) is 5.96. The molecule has 0 saturated carbocycles. The number of nitrogens with zero attached hydrogens (tertiary/aromatic N) is 3. The van der Waals surface area contributed by atoms with E-state index in [2.05, 4.69) is 40.7 Å². The van der Waals surface area contributed by atoms with Gasteiger partial charge in [-0.15, -0.1) is 11.3 Å². The van der Waals surface area contributed by atoms with Gasteiger partial charge in [0.2, 0.25) is 0 Å². The first-order valence-electron chi connectivity index (χ1n) is 7.02. The maximum atomic E-state index is 4.40. The third-order valence-electron chi connectivity index (χ3n) is 3.31. The van der Waals surface area contributed by atoms with Crippen LogP contribution in [0.3, 0.4) is 0 Å². The molecule has 0 aliphatic heterocycles. The molecular weight excluding hydrogens is 280 g/mol. The normalized spacial score (nSPS) is 12.4. The zero-order chi connectivity index (χ0) is 14.5. The van der Waals surface area contributed by atoms with Crippen LogP contribution in [-0.4, -0.2) is 21.3 Å². The highest BCUT2D eigenvalue weighted by Gasteiger charge is 2.07. The molecule has 21 heavy (non-hydrogen) atoms. The van der Waals surface area contributed by atoms with Gasteiger partial charge in [0, 0.05) is 42.3 Å². The van der Waals surface area contributed by atoms with Crippen molar-refractivity contribution in [2.45, 2.75) is 19.4 Å². The van der Waals surface area contributed by atoms with E-state index in [-0.39, 0.29) is 0 Å². The van der Waals surface area contributed by atoms with Crippen LogP contribution in [0, 0.1) is 0 Å². The molecule has 0 bridgehead atoms. The lowest BCUT2D eigenvalue weighted by molar-refractivity contribution is 0.613. The molecule has 1 N–H and O–H groups in total. The molecule has 3 aromatic rings. The molecule has 0 amide bonds. The summed E-state index contributed by atoms with van der Waals surface area (Å²) >= 11 is 1.71. The van der Waals surface area contributed by atoms with Gasteiger partial charge < -0.3 is 5.32 Å². The third-order valence-corrected chi connectivity index (χ3v) is 4.32. The Balaban J connectivity index is 1.54. The fraction of sp³-hybridized carbons (Fsp3) is 0.250. The Morgan fingerprint density at radius 2 is 2.14 bits per heavy atom. The molecule has 0 saturated heterocycles. The highest BCUT2D eigenvalue weighted by atomic mass is 32.1. The molecule has 2 heterocycles. The molecule has 5 heteroatoms. The minimum absolute atomic E-state index is 0.439. The molecule has 4 nitrogen and oxygen atoms in total. The number of hydrogen-bond donors (Lipinski definition) is 1. The lowest BCUT2D eigenvalue weighted by Gasteiger charge is -2.08. The van der Waals surface area contributed by atoms with Gasteiger partial charge in [0.05, 0.1) is 16.9 Å². The monoisotopic (exact) mass is 298 g/mol. The van der Waals surface area contributed by atoms with E-state index in [1.807, 2.05) is 40.7 Å². The van der Waals surface area contributed by atoms with Crippen molar-refractivity contribution in [1.29, 1.82) is 0 Å². The van der Waals surface area contributed by atoms with E-state index in [0.29, 0.717) is 5.92 Å². The molecule has 0 fully saturated rings. The number of para-hydroxylation sites is 1. The SMILES string of the molecule is CC(CNCc1cnn(-c2ccccc2)c1)c1nccs1. The summed E-state index contributed by atoms with van der Waals surface area (Å²) in [5.74, 6) is 0.439. The van der Waals surface area contributed by atoms with Crippen molar-refractivity contribution in [3.8, 4) is 5.69 Å². The van der Waals surface area contributed by atoms with Crippen LogP contribution < -0.4 is 5.32 Å². The van der Waals surface area contributed by atoms with Gasteiger partial charge in [0.25, 0.3) is 0 Å². The Labute approximate surface area is 128 Å². The van der Waals surface area contributed by atoms with Crippen LogP contribution >= 0.6 is 11.3 Å². The van der Waals surface area contributed by atoms with E-state index < -0.39 is 0 Å². The lowest BCUT2D eigenvalue weighted by atomic mass is 10.2. The Morgan fingerprint density at radius 3 is 2.90 bits per heavy atom. The van der Waals surface area contributed by atoms with Crippen molar-refractivity contribution in [3.63, 3.8) is 0 Å². The molecule has 3 rings (SSSR count). The first-order chi connectivity index (χ1) is 10.3. The highest BCUT2D eigenvalue weighted by Crippen LogP contribution is 2.16. The predicted octanol–water partition coefficient (Wildman–Crippen LogP) is 3.22. The topological polar surface area (TPSA) is 42.7 Å². The molecule has 1 unspecified atom stereocenters. The van der Waals surface area contributed by atoms with Crippen molar-refractivity contribution in [2.24, 2.45) is 0 Å². The van der Waals surface area contributed by atoms with Crippen molar-refractivity contribution in [3.05, 3.63) is 64.9 Å². The van der Waals surface area contributed by atoms with Gasteiger partial charge in [-0.2, -0.15) is 5.10 Å². The second kappa shape index (κ2) is 6.65. The van der Waals surface area contributed by atoms with Crippen LogP contribution in [-0.2, 0) is 6.54 Å². The van der Waals surface area contributed by atoms with Crippen molar-refractivity contribution >= 4 is 11.3 Å². The number of benzene rings is 1. The average molecular weight is 298 g/mol. The number of hydrogen-bond acceptors (Lipinski definition) is 4. The summed E-state index contributed by atoms with van der Waals surface area (Å²) in [6, 6.07) is 10.1. The summed E-state index contributed by atoms with van der Waals surface area (Å²) in [5, 5.41) is 11.1. The van der Waals surface area contributed by atoms with Crippen molar-refractivity contribution in [2.75, 3.05) is 6.54 Å². The Kier molecular flexibility index (Phi) is 4.43.